The number of benzene rings is 1. The molecule has 1 aromatic heterocycles. The largest absolute Gasteiger partial charge is 0.399 e. The lowest BCUT2D eigenvalue weighted by molar-refractivity contribution is -0.119. The number of amides is 1. The van der Waals surface area contributed by atoms with Gasteiger partial charge in [-0.3, -0.25) is 4.79 Å². The fourth-order valence-electron chi connectivity index (χ4n) is 1.77. The zero-order valence-electron chi connectivity index (χ0n) is 11.3. The van der Waals surface area contributed by atoms with Crippen LogP contribution in [0.4, 0.5) is 11.5 Å². The number of nitrogen functional groups attached to an aromatic ring is 1. The van der Waals surface area contributed by atoms with Gasteiger partial charge in [0.2, 0.25) is 5.91 Å². The molecule has 0 aliphatic heterocycles. The first-order valence-electron chi connectivity index (χ1n) is 6.35. The lowest BCUT2D eigenvalue weighted by Gasteiger charge is -2.08. The Balaban J connectivity index is 1.93. The fourth-order valence-corrected chi connectivity index (χ4v) is 1.77. The van der Waals surface area contributed by atoms with Crippen LogP contribution in [-0.2, 0) is 9.53 Å². The molecule has 20 heavy (non-hydrogen) atoms. The molecule has 0 fully saturated rings. The first-order chi connectivity index (χ1) is 9.69. The van der Waals surface area contributed by atoms with Gasteiger partial charge in [-0.05, 0) is 30.3 Å². The Hall–Kier alpha value is -2.34. The normalized spacial score (nSPS) is 10.4. The third-order valence-electron chi connectivity index (χ3n) is 2.77. The number of methoxy groups -OCH3 is 1. The van der Waals surface area contributed by atoms with E-state index in [1.54, 1.807) is 13.2 Å². The van der Waals surface area contributed by atoms with Gasteiger partial charge >= 0.3 is 0 Å². The van der Waals surface area contributed by atoms with Crippen LogP contribution in [0.3, 0.4) is 0 Å². The number of hydrogen-bond acceptors (Lipinski definition) is 5. The van der Waals surface area contributed by atoms with Crippen molar-refractivity contribution < 1.29 is 9.53 Å². The fraction of sp³-hybridized carbons (Fsp3) is 0.286. The van der Waals surface area contributed by atoms with Crippen molar-refractivity contribution in [3.8, 4) is 0 Å². The third kappa shape index (κ3) is 3.83. The van der Waals surface area contributed by atoms with Gasteiger partial charge in [-0.1, -0.05) is 0 Å². The number of pyridine rings is 1. The number of ether oxygens (including phenoxy) is 1. The minimum absolute atomic E-state index is 0.0961. The van der Waals surface area contributed by atoms with Gasteiger partial charge in [-0.15, -0.1) is 0 Å². The summed E-state index contributed by atoms with van der Waals surface area (Å²) in [5.41, 5.74) is 7.25. The second kappa shape index (κ2) is 6.72. The van der Waals surface area contributed by atoms with Crippen molar-refractivity contribution >= 4 is 28.3 Å². The monoisotopic (exact) mass is 274 g/mol. The predicted octanol–water partition coefficient (Wildman–Crippen LogP) is 0.991. The number of carbonyl (C=O) groups is 1. The van der Waals surface area contributed by atoms with Crippen molar-refractivity contribution in [1.82, 2.24) is 10.3 Å². The standard InChI is InChI=1S/C14H18N4O2/c1-20-7-6-16-14(19)9-17-13-5-2-10-8-11(15)3-4-12(10)18-13/h2-5,8H,6-7,9,15H2,1H3,(H,16,19)(H,17,18). The zero-order valence-corrected chi connectivity index (χ0v) is 11.3. The molecule has 0 radical (unpaired) electrons. The molecule has 0 spiro atoms. The van der Waals surface area contributed by atoms with E-state index >= 15 is 0 Å². The van der Waals surface area contributed by atoms with Crippen LogP contribution in [0, 0.1) is 0 Å². The molecule has 1 aromatic carbocycles. The summed E-state index contributed by atoms with van der Waals surface area (Å²) in [6.45, 7) is 1.18. The average Bonchev–Trinajstić information content (AvgIpc) is 2.45. The minimum Gasteiger partial charge on any atom is -0.399 e. The molecule has 4 N–H and O–H groups in total. The van der Waals surface area contributed by atoms with Crippen molar-refractivity contribution in [3.63, 3.8) is 0 Å². The second-order valence-corrected chi connectivity index (χ2v) is 4.34. The Morgan fingerprint density at radius 2 is 2.20 bits per heavy atom. The van der Waals surface area contributed by atoms with E-state index in [9.17, 15) is 4.79 Å². The van der Waals surface area contributed by atoms with E-state index in [4.69, 9.17) is 10.5 Å². The van der Waals surface area contributed by atoms with Crippen molar-refractivity contribution in [2.24, 2.45) is 0 Å². The van der Waals surface area contributed by atoms with Crippen LogP contribution in [0.5, 0.6) is 0 Å². The van der Waals surface area contributed by atoms with Crippen LogP contribution in [-0.4, -0.2) is 37.7 Å². The maximum atomic E-state index is 11.5. The maximum Gasteiger partial charge on any atom is 0.239 e. The van der Waals surface area contributed by atoms with Gasteiger partial charge in [0.05, 0.1) is 18.7 Å². The Labute approximate surface area is 117 Å². The SMILES string of the molecule is COCCNC(=O)CNc1ccc2cc(N)ccc2n1. The van der Waals surface area contributed by atoms with Crippen molar-refractivity contribution in [1.29, 1.82) is 0 Å². The second-order valence-electron chi connectivity index (χ2n) is 4.34. The van der Waals surface area contributed by atoms with Crippen LogP contribution >= 0.6 is 0 Å². The molecule has 0 aliphatic carbocycles. The minimum atomic E-state index is -0.0961. The topological polar surface area (TPSA) is 89.3 Å². The first kappa shape index (κ1) is 14.1. The van der Waals surface area contributed by atoms with E-state index in [2.05, 4.69) is 15.6 Å². The summed E-state index contributed by atoms with van der Waals surface area (Å²) >= 11 is 0. The number of anilines is 2. The zero-order chi connectivity index (χ0) is 14.4. The molecule has 2 rings (SSSR count). The number of aromatic nitrogens is 1. The summed E-state index contributed by atoms with van der Waals surface area (Å²) in [6, 6.07) is 9.27. The van der Waals surface area contributed by atoms with Crippen molar-refractivity contribution in [3.05, 3.63) is 30.3 Å². The van der Waals surface area contributed by atoms with E-state index in [0.29, 0.717) is 24.7 Å². The molecule has 1 heterocycles. The molecular weight excluding hydrogens is 256 g/mol. The van der Waals surface area contributed by atoms with Gasteiger partial charge in [0.15, 0.2) is 0 Å². The van der Waals surface area contributed by atoms with E-state index in [1.165, 1.54) is 0 Å². The van der Waals surface area contributed by atoms with Gasteiger partial charge in [0.25, 0.3) is 0 Å². The molecular formula is C14H18N4O2. The molecule has 0 saturated carbocycles. The molecule has 0 atom stereocenters. The van der Waals surface area contributed by atoms with Crippen molar-refractivity contribution in [2.45, 2.75) is 0 Å². The first-order valence-corrected chi connectivity index (χ1v) is 6.35. The molecule has 6 nitrogen and oxygen atoms in total. The predicted molar refractivity (Wildman–Crippen MR) is 79.5 cm³/mol. The Bertz CT molecular complexity index is 601. The van der Waals surface area contributed by atoms with Crippen LogP contribution in [0.1, 0.15) is 0 Å². The molecule has 1 amide bonds. The third-order valence-corrected chi connectivity index (χ3v) is 2.77. The van der Waals surface area contributed by atoms with E-state index in [0.717, 1.165) is 10.9 Å². The Morgan fingerprint density at radius 3 is 3.00 bits per heavy atom. The Morgan fingerprint density at radius 1 is 1.35 bits per heavy atom. The van der Waals surface area contributed by atoms with Gasteiger partial charge in [-0.2, -0.15) is 0 Å². The quantitative estimate of drug-likeness (QED) is 0.540. The molecule has 106 valence electrons. The van der Waals surface area contributed by atoms with Gasteiger partial charge < -0.3 is 21.1 Å². The van der Waals surface area contributed by atoms with E-state index < -0.39 is 0 Å². The number of rotatable bonds is 6. The molecule has 0 saturated heterocycles. The Kier molecular flexibility index (Phi) is 4.73. The van der Waals surface area contributed by atoms with E-state index in [1.807, 2.05) is 24.3 Å². The summed E-state index contributed by atoms with van der Waals surface area (Å²) in [4.78, 5) is 15.9. The summed E-state index contributed by atoms with van der Waals surface area (Å²) in [6.07, 6.45) is 0. The molecule has 6 heteroatoms. The van der Waals surface area contributed by atoms with E-state index in [-0.39, 0.29) is 12.5 Å². The summed E-state index contributed by atoms with van der Waals surface area (Å²) in [7, 11) is 1.59. The number of fused-ring (bicyclic) bond motifs is 1. The average molecular weight is 274 g/mol. The van der Waals surface area contributed by atoms with Crippen molar-refractivity contribution in [2.75, 3.05) is 37.9 Å². The number of nitrogens with two attached hydrogens (primary N) is 1. The molecule has 0 bridgehead atoms. The number of carbonyl (C=O) groups excluding carboxylic acids is 1. The van der Waals surface area contributed by atoms with Gasteiger partial charge in [-0.25, -0.2) is 4.98 Å². The summed E-state index contributed by atoms with van der Waals surface area (Å²) in [5.74, 6) is 0.561. The molecule has 2 aromatic rings. The lowest BCUT2D eigenvalue weighted by Crippen LogP contribution is -2.32. The number of nitrogens with zero attached hydrogens (tertiary/aromatic N) is 1. The number of hydrogen-bond donors (Lipinski definition) is 3. The summed E-state index contributed by atoms with van der Waals surface area (Å²) in [5, 5.41) is 6.68. The van der Waals surface area contributed by atoms with Crippen LogP contribution in [0.2, 0.25) is 0 Å². The highest BCUT2D eigenvalue weighted by atomic mass is 16.5. The highest BCUT2D eigenvalue weighted by Crippen LogP contribution is 2.17. The smallest absolute Gasteiger partial charge is 0.239 e. The lowest BCUT2D eigenvalue weighted by atomic mass is 10.2. The van der Waals surface area contributed by atoms with Crippen LogP contribution in [0.25, 0.3) is 10.9 Å². The maximum absolute atomic E-state index is 11.5. The van der Waals surface area contributed by atoms with Gasteiger partial charge in [0.1, 0.15) is 5.82 Å². The highest BCUT2D eigenvalue weighted by molar-refractivity contribution is 5.84. The van der Waals surface area contributed by atoms with Crippen LogP contribution < -0.4 is 16.4 Å². The molecule has 0 aliphatic rings. The number of nitrogens with one attached hydrogen (secondary N) is 2. The van der Waals surface area contributed by atoms with Crippen LogP contribution in [0.15, 0.2) is 30.3 Å². The summed E-state index contributed by atoms with van der Waals surface area (Å²) < 4.78 is 4.86. The molecule has 0 unspecified atom stereocenters. The highest BCUT2D eigenvalue weighted by Gasteiger charge is 2.02. The van der Waals surface area contributed by atoms with Gasteiger partial charge in [0, 0.05) is 24.7 Å².